The number of nitrogens with zero attached hydrogens (tertiary/aromatic N) is 4. The van der Waals surface area contributed by atoms with Gasteiger partial charge in [0.2, 0.25) is 0 Å². The maximum atomic E-state index is 4.43. The molecule has 7 aromatic rings. The Morgan fingerprint density at radius 3 is 1.87 bits per heavy atom. The van der Waals surface area contributed by atoms with Crippen molar-refractivity contribution < 1.29 is 0 Å². The van der Waals surface area contributed by atoms with Crippen molar-refractivity contribution in [2.24, 2.45) is 9.98 Å². The van der Waals surface area contributed by atoms with Crippen LogP contribution >= 0.6 is 0 Å². The van der Waals surface area contributed by atoms with E-state index in [4.69, 9.17) is 0 Å². The number of fused-ring (bicyclic) bond motifs is 6. The van der Waals surface area contributed by atoms with E-state index < -0.39 is 0 Å². The molecule has 4 heteroatoms. The standard InChI is InChI=1S/C34H24N4/c1-2-8-25(9-3-1)37-31-12-6-4-10-27(31)29-18-23(14-16-33(29)37)24-15-17-34-30(19-24)28-11-5-7-13-32(28)38(34)26-20-35-22-36-21-26/h1-20,22,26H,21H2. The van der Waals surface area contributed by atoms with Gasteiger partial charge >= 0.3 is 0 Å². The summed E-state index contributed by atoms with van der Waals surface area (Å²) in [5, 5.41) is 5.05. The second-order valence-corrected chi connectivity index (χ2v) is 9.89. The van der Waals surface area contributed by atoms with Gasteiger partial charge in [-0.3, -0.25) is 4.99 Å². The summed E-state index contributed by atoms with van der Waals surface area (Å²) < 4.78 is 4.74. The van der Waals surface area contributed by atoms with Gasteiger partial charge in [0.05, 0.1) is 23.6 Å². The molecule has 0 saturated carbocycles. The number of para-hydroxylation sites is 3. The molecule has 0 fully saturated rings. The van der Waals surface area contributed by atoms with Gasteiger partial charge in [-0.25, -0.2) is 4.99 Å². The van der Waals surface area contributed by atoms with Crippen molar-refractivity contribution in [3.63, 3.8) is 0 Å². The summed E-state index contributed by atoms with van der Waals surface area (Å²) in [5.41, 5.74) is 8.48. The monoisotopic (exact) mass is 488 g/mol. The summed E-state index contributed by atoms with van der Waals surface area (Å²) in [6, 6.07) is 41.8. The summed E-state index contributed by atoms with van der Waals surface area (Å²) in [6.07, 6.45) is 3.65. The molecule has 4 nitrogen and oxygen atoms in total. The lowest BCUT2D eigenvalue weighted by Crippen LogP contribution is -2.16. The molecular weight excluding hydrogens is 464 g/mol. The van der Waals surface area contributed by atoms with Gasteiger partial charge < -0.3 is 9.13 Å². The Hall–Kier alpha value is -4.96. The molecule has 2 aromatic heterocycles. The molecule has 0 radical (unpaired) electrons. The quantitative estimate of drug-likeness (QED) is 0.240. The topological polar surface area (TPSA) is 34.6 Å². The number of rotatable bonds is 3. The smallest absolute Gasteiger partial charge is 0.109 e. The maximum Gasteiger partial charge on any atom is 0.109 e. The average Bonchev–Trinajstić information content (AvgIpc) is 3.50. The molecule has 1 aliphatic rings. The van der Waals surface area contributed by atoms with Gasteiger partial charge in [0, 0.05) is 44.5 Å². The van der Waals surface area contributed by atoms with E-state index in [1.165, 1.54) is 60.4 Å². The minimum absolute atomic E-state index is 0.119. The minimum Gasteiger partial charge on any atom is -0.330 e. The highest BCUT2D eigenvalue weighted by Crippen LogP contribution is 2.38. The van der Waals surface area contributed by atoms with E-state index in [0.29, 0.717) is 6.54 Å². The zero-order chi connectivity index (χ0) is 25.1. The van der Waals surface area contributed by atoms with Crippen molar-refractivity contribution >= 4 is 56.2 Å². The summed E-state index contributed by atoms with van der Waals surface area (Å²) in [7, 11) is 0. The van der Waals surface area contributed by atoms with Gasteiger partial charge in [0.15, 0.2) is 0 Å². The third-order valence-electron chi connectivity index (χ3n) is 7.76. The number of hydrogen-bond donors (Lipinski definition) is 0. The molecule has 0 N–H and O–H groups in total. The molecule has 1 aliphatic heterocycles. The Morgan fingerprint density at radius 2 is 1.13 bits per heavy atom. The predicted octanol–water partition coefficient (Wildman–Crippen LogP) is 8.21. The summed E-state index contributed by atoms with van der Waals surface area (Å²) in [4.78, 5) is 8.76. The summed E-state index contributed by atoms with van der Waals surface area (Å²) in [6.45, 7) is 0.709. The van der Waals surface area contributed by atoms with Gasteiger partial charge in [0.1, 0.15) is 6.34 Å². The molecule has 0 amide bonds. The van der Waals surface area contributed by atoms with Gasteiger partial charge in [-0.1, -0.05) is 66.7 Å². The molecule has 1 unspecified atom stereocenters. The first kappa shape index (κ1) is 21.2. The highest BCUT2D eigenvalue weighted by atomic mass is 15.1. The Labute approximate surface area is 219 Å². The predicted molar refractivity (Wildman–Crippen MR) is 160 cm³/mol. The van der Waals surface area contributed by atoms with Gasteiger partial charge in [-0.2, -0.15) is 0 Å². The van der Waals surface area contributed by atoms with Crippen LogP contribution in [-0.2, 0) is 0 Å². The van der Waals surface area contributed by atoms with Crippen molar-refractivity contribution in [1.82, 2.24) is 9.13 Å². The Bertz CT molecular complexity index is 2060. The molecule has 0 aliphatic carbocycles. The van der Waals surface area contributed by atoms with E-state index in [-0.39, 0.29) is 6.04 Å². The van der Waals surface area contributed by atoms with Crippen LogP contribution in [0, 0.1) is 0 Å². The van der Waals surface area contributed by atoms with E-state index in [1.54, 1.807) is 6.34 Å². The van der Waals surface area contributed by atoms with Gasteiger partial charge in [-0.05, 0) is 59.7 Å². The number of aliphatic imine (C=N–C) groups is 2. The minimum atomic E-state index is 0.119. The van der Waals surface area contributed by atoms with Crippen molar-refractivity contribution in [2.45, 2.75) is 6.04 Å². The van der Waals surface area contributed by atoms with E-state index >= 15 is 0 Å². The molecule has 0 bridgehead atoms. The zero-order valence-corrected chi connectivity index (χ0v) is 20.7. The van der Waals surface area contributed by atoms with Crippen LogP contribution in [0.2, 0.25) is 0 Å². The summed E-state index contributed by atoms with van der Waals surface area (Å²) >= 11 is 0. The lowest BCUT2D eigenvalue weighted by molar-refractivity contribution is 0.697. The largest absolute Gasteiger partial charge is 0.330 e. The molecule has 1 atom stereocenters. The first-order valence-corrected chi connectivity index (χ1v) is 13.0. The third-order valence-corrected chi connectivity index (χ3v) is 7.76. The Morgan fingerprint density at radius 1 is 0.553 bits per heavy atom. The highest BCUT2D eigenvalue weighted by Gasteiger charge is 2.19. The van der Waals surface area contributed by atoms with Crippen LogP contribution in [0.4, 0.5) is 0 Å². The SMILES string of the molecule is C1=NC=NCC1n1c2ccccc2c2cc(-c3ccc4c(c3)c3ccccc3n4-c3ccccc3)ccc21. The maximum absolute atomic E-state index is 4.43. The second-order valence-electron chi connectivity index (χ2n) is 9.89. The van der Waals surface area contributed by atoms with Crippen LogP contribution in [0.3, 0.4) is 0 Å². The third kappa shape index (κ3) is 3.10. The van der Waals surface area contributed by atoms with Crippen LogP contribution in [0.5, 0.6) is 0 Å². The van der Waals surface area contributed by atoms with Crippen molar-refractivity contribution in [1.29, 1.82) is 0 Å². The van der Waals surface area contributed by atoms with E-state index in [1.807, 2.05) is 6.21 Å². The number of benzene rings is 5. The van der Waals surface area contributed by atoms with E-state index in [9.17, 15) is 0 Å². The molecule has 0 spiro atoms. The number of aromatic nitrogens is 2. The molecule has 38 heavy (non-hydrogen) atoms. The van der Waals surface area contributed by atoms with Crippen LogP contribution in [0.25, 0.3) is 60.4 Å². The Balaban J connectivity index is 1.34. The van der Waals surface area contributed by atoms with Gasteiger partial charge in [-0.15, -0.1) is 0 Å². The molecule has 0 saturated heterocycles. The van der Waals surface area contributed by atoms with Crippen LogP contribution in [0.15, 0.2) is 125 Å². The number of hydrogen-bond acceptors (Lipinski definition) is 2. The first-order chi connectivity index (χ1) is 18.9. The van der Waals surface area contributed by atoms with Crippen molar-refractivity contribution in [2.75, 3.05) is 6.54 Å². The first-order valence-electron chi connectivity index (χ1n) is 13.0. The fraction of sp³-hybridized carbons (Fsp3) is 0.0588. The lowest BCUT2D eigenvalue weighted by Gasteiger charge is -2.17. The second kappa shape index (κ2) is 8.29. The van der Waals surface area contributed by atoms with Gasteiger partial charge in [0.25, 0.3) is 0 Å². The highest BCUT2D eigenvalue weighted by molar-refractivity contribution is 6.12. The molecular formula is C34H24N4. The zero-order valence-electron chi connectivity index (χ0n) is 20.7. The lowest BCUT2D eigenvalue weighted by atomic mass is 10.0. The van der Waals surface area contributed by atoms with E-state index in [0.717, 1.165) is 0 Å². The average molecular weight is 489 g/mol. The Kier molecular flexibility index (Phi) is 4.61. The van der Waals surface area contributed by atoms with Crippen LogP contribution < -0.4 is 0 Å². The van der Waals surface area contributed by atoms with Crippen molar-refractivity contribution in [3.8, 4) is 16.8 Å². The molecule has 3 heterocycles. The van der Waals surface area contributed by atoms with Crippen molar-refractivity contribution in [3.05, 3.63) is 115 Å². The summed E-state index contributed by atoms with van der Waals surface area (Å²) in [5.74, 6) is 0. The van der Waals surface area contributed by atoms with Crippen LogP contribution in [0.1, 0.15) is 6.04 Å². The fourth-order valence-corrected chi connectivity index (χ4v) is 6.08. The molecule has 8 rings (SSSR count). The molecule has 180 valence electrons. The molecule has 5 aromatic carbocycles. The normalized spacial score (nSPS) is 15.3. The van der Waals surface area contributed by atoms with Crippen LogP contribution in [-0.4, -0.2) is 28.2 Å². The van der Waals surface area contributed by atoms with E-state index in [2.05, 4.69) is 134 Å². The fourth-order valence-electron chi connectivity index (χ4n) is 6.08.